The van der Waals surface area contributed by atoms with Gasteiger partial charge in [-0.2, -0.15) is 0 Å². The average Bonchev–Trinajstić information content (AvgIpc) is 2.51. The van der Waals surface area contributed by atoms with E-state index in [1.165, 1.54) is 25.7 Å². The van der Waals surface area contributed by atoms with Gasteiger partial charge in [0.15, 0.2) is 0 Å². The minimum absolute atomic E-state index is 0.0243. The van der Waals surface area contributed by atoms with Crippen LogP contribution < -0.4 is 0 Å². The van der Waals surface area contributed by atoms with Gasteiger partial charge in [0.25, 0.3) is 0 Å². The summed E-state index contributed by atoms with van der Waals surface area (Å²) in [6, 6.07) is 0. The molecule has 0 aromatic carbocycles. The molecule has 0 spiro atoms. The van der Waals surface area contributed by atoms with E-state index in [1.54, 1.807) is 0 Å². The molecule has 0 nitrogen and oxygen atoms in total. The van der Waals surface area contributed by atoms with Gasteiger partial charge in [-0.1, -0.05) is 63.7 Å². The normalized spacial score (nSPS) is 45.2. The van der Waals surface area contributed by atoms with E-state index in [-0.39, 0.29) is 2.14 Å². The lowest BCUT2D eigenvalue weighted by Gasteiger charge is -2.26. The van der Waals surface area contributed by atoms with Gasteiger partial charge in [0, 0.05) is 4.83 Å². The van der Waals surface area contributed by atoms with Crippen molar-refractivity contribution in [3.8, 4) is 0 Å². The number of hydrogen-bond donors (Lipinski definition) is 0. The molecule has 13 heavy (non-hydrogen) atoms. The second-order valence-electron chi connectivity index (χ2n) is 4.15. The van der Waals surface area contributed by atoms with E-state index in [4.69, 9.17) is 0 Å². The van der Waals surface area contributed by atoms with Gasteiger partial charge in [0.1, 0.15) is 2.14 Å². The van der Waals surface area contributed by atoms with Crippen LogP contribution in [0.3, 0.4) is 0 Å². The molecule has 2 aliphatic carbocycles. The average molecular weight is 440 g/mol. The van der Waals surface area contributed by atoms with Crippen LogP contribution >= 0.6 is 63.7 Å². The zero-order chi connectivity index (χ0) is 9.64. The first kappa shape index (κ1) is 11.4. The molecule has 0 aromatic rings. The van der Waals surface area contributed by atoms with E-state index in [9.17, 15) is 0 Å². The fourth-order valence-electron chi connectivity index (χ4n) is 2.94. The van der Waals surface area contributed by atoms with Crippen molar-refractivity contribution in [2.24, 2.45) is 17.8 Å². The molecule has 0 saturated heterocycles. The van der Waals surface area contributed by atoms with Crippen LogP contribution in [0.1, 0.15) is 25.7 Å². The smallest absolute Gasteiger partial charge is 0.0888 e. The number of fused-ring (bicyclic) bond motifs is 1. The molecule has 0 bridgehead atoms. The third-order valence-electron chi connectivity index (χ3n) is 3.54. The second kappa shape index (κ2) is 4.06. The largest absolute Gasteiger partial charge is 0.138 e. The topological polar surface area (TPSA) is 0 Å². The lowest BCUT2D eigenvalue weighted by atomic mass is 9.94. The van der Waals surface area contributed by atoms with Crippen molar-refractivity contribution in [3.63, 3.8) is 0 Å². The first-order chi connectivity index (χ1) is 6.00. The van der Waals surface area contributed by atoms with Gasteiger partial charge in [-0.25, -0.2) is 0 Å². The van der Waals surface area contributed by atoms with Crippen molar-refractivity contribution in [2.75, 3.05) is 0 Å². The Labute approximate surface area is 113 Å². The Morgan fingerprint density at radius 2 is 1.46 bits per heavy atom. The van der Waals surface area contributed by atoms with Gasteiger partial charge >= 0.3 is 0 Å². The maximum Gasteiger partial charge on any atom is 0.138 e. The Morgan fingerprint density at radius 1 is 0.846 bits per heavy atom. The SMILES string of the molecule is BrC1CCC2C1CCC2C(Br)(Br)Br. The van der Waals surface area contributed by atoms with Gasteiger partial charge in [-0.3, -0.25) is 0 Å². The highest BCUT2D eigenvalue weighted by Gasteiger charge is 2.49. The van der Waals surface area contributed by atoms with E-state index in [2.05, 4.69) is 63.7 Å². The van der Waals surface area contributed by atoms with Gasteiger partial charge in [0.05, 0.1) is 0 Å². The molecule has 0 aliphatic heterocycles. The lowest BCUT2D eigenvalue weighted by molar-refractivity contribution is 0.373. The third kappa shape index (κ3) is 2.21. The molecule has 0 amide bonds. The first-order valence-corrected chi connectivity index (χ1v) is 8.00. The Bertz CT molecular complexity index is 198. The molecule has 76 valence electrons. The van der Waals surface area contributed by atoms with Gasteiger partial charge < -0.3 is 0 Å². The van der Waals surface area contributed by atoms with Crippen molar-refractivity contribution >= 4 is 63.7 Å². The molecule has 2 saturated carbocycles. The van der Waals surface area contributed by atoms with Crippen molar-refractivity contribution in [3.05, 3.63) is 0 Å². The fourth-order valence-corrected chi connectivity index (χ4v) is 5.56. The summed E-state index contributed by atoms with van der Waals surface area (Å²) < 4.78 is -0.0243. The summed E-state index contributed by atoms with van der Waals surface area (Å²) in [6.07, 6.45) is 5.46. The van der Waals surface area contributed by atoms with E-state index in [0.717, 1.165) is 22.6 Å². The van der Waals surface area contributed by atoms with Crippen LogP contribution in [0, 0.1) is 17.8 Å². The minimum atomic E-state index is -0.0243. The molecule has 2 aliphatic rings. The van der Waals surface area contributed by atoms with Gasteiger partial charge in [0.2, 0.25) is 0 Å². The summed E-state index contributed by atoms with van der Waals surface area (Å²) in [7, 11) is 0. The highest BCUT2D eigenvalue weighted by Crippen LogP contribution is 2.58. The molecule has 0 N–H and O–H groups in total. The first-order valence-electron chi connectivity index (χ1n) is 4.71. The van der Waals surface area contributed by atoms with Crippen molar-refractivity contribution in [1.82, 2.24) is 0 Å². The molecule has 2 rings (SSSR count). The summed E-state index contributed by atoms with van der Waals surface area (Å²) >= 11 is 14.8. The van der Waals surface area contributed by atoms with Crippen LogP contribution in [0.4, 0.5) is 0 Å². The predicted octanol–water partition coefficient (Wildman–Crippen LogP) is 5.02. The van der Waals surface area contributed by atoms with E-state index < -0.39 is 0 Å². The molecular formula is C9H12Br4. The van der Waals surface area contributed by atoms with Crippen LogP contribution in [0.2, 0.25) is 0 Å². The Balaban J connectivity index is 2.11. The quantitative estimate of drug-likeness (QED) is 0.465. The van der Waals surface area contributed by atoms with Gasteiger partial charge in [-0.15, -0.1) is 0 Å². The number of hydrogen-bond acceptors (Lipinski definition) is 0. The molecule has 0 heterocycles. The summed E-state index contributed by atoms with van der Waals surface area (Å²) in [6.45, 7) is 0. The molecular weight excluding hydrogens is 428 g/mol. The third-order valence-corrected chi connectivity index (χ3v) is 6.44. The van der Waals surface area contributed by atoms with Crippen molar-refractivity contribution in [2.45, 2.75) is 32.7 Å². The molecule has 4 heteroatoms. The maximum atomic E-state index is 3.79. The van der Waals surface area contributed by atoms with Gasteiger partial charge in [-0.05, 0) is 43.4 Å². The van der Waals surface area contributed by atoms with E-state index in [1.807, 2.05) is 0 Å². The molecule has 0 radical (unpaired) electrons. The fraction of sp³-hybridized carbons (Fsp3) is 1.00. The molecule has 0 aromatic heterocycles. The number of halogens is 4. The lowest BCUT2D eigenvalue weighted by Crippen LogP contribution is -2.22. The van der Waals surface area contributed by atoms with Crippen LogP contribution in [0.25, 0.3) is 0 Å². The second-order valence-corrected chi connectivity index (χ2v) is 12.3. The predicted molar refractivity (Wildman–Crippen MR) is 71.2 cm³/mol. The monoisotopic (exact) mass is 436 g/mol. The van der Waals surface area contributed by atoms with Crippen LogP contribution in [0.15, 0.2) is 0 Å². The minimum Gasteiger partial charge on any atom is -0.0888 e. The van der Waals surface area contributed by atoms with Crippen molar-refractivity contribution in [1.29, 1.82) is 0 Å². The molecule has 4 unspecified atom stereocenters. The van der Waals surface area contributed by atoms with E-state index >= 15 is 0 Å². The maximum absolute atomic E-state index is 3.79. The number of alkyl halides is 4. The van der Waals surface area contributed by atoms with Crippen LogP contribution in [0.5, 0.6) is 0 Å². The highest BCUT2D eigenvalue weighted by molar-refractivity contribution is 9.39. The Kier molecular flexibility index (Phi) is 3.56. The molecule has 4 atom stereocenters. The number of rotatable bonds is 0. The van der Waals surface area contributed by atoms with E-state index in [0.29, 0.717) is 0 Å². The molecule has 2 fully saturated rings. The Morgan fingerprint density at radius 3 is 2.08 bits per heavy atom. The summed E-state index contributed by atoms with van der Waals surface area (Å²) in [5.74, 6) is 2.54. The summed E-state index contributed by atoms with van der Waals surface area (Å²) in [5, 5.41) is 0. The zero-order valence-electron chi connectivity index (χ0n) is 7.15. The van der Waals surface area contributed by atoms with Crippen LogP contribution in [-0.2, 0) is 0 Å². The highest BCUT2D eigenvalue weighted by atomic mass is 80.0. The summed E-state index contributed by atoms with van der Waals surface area (Å²) in [5.41, 5.74) is 0. The Hall–Kier alpha value is 1.92. The summed E-state index contributed by atoms with van der Waals surface area (Å²) in [4.78, 5) is 0.775. The standard InChI is InChI=1S/C9H12Br4/c10-8-4-2-5-6(8)1-3-7(5)9(11,12)13/h5-8H,1-4H2. The van der Waals surface area contributed by atoms with Crippen LogP contribution in [-0.4, -0.2) is 6.97 Å². The van der Waals surface area contributed by atoms with Crippen molar-refractivity contribution < 1.29 is 0 Å². The zero-order valence-corrected chi connectivity index (χ0v) is 13.5.